The van der Waals surface area contributed by atoms with Gasteiger partial charge in [-0.1, -0.05) is 29.4 Å². The minimum atomic E-state index is -0.0968. The summed E-state index contributed by atoms with van der Waals surface area (Å²) in [5.74, 6) is 0.204. The van der Waals surface area contributed by atoms with Crippen molar-refractivity contribution in [1.29, 1.82) is 0 Å². The number of imidazole rings is 1. The summed E-state index contributed by atoms with van der Waals surface area (Å²) in [5.41, 5.74) is 1.70. The number of rotatable bonds is 4. The minimum Gasteiger partial charge on any atom is -0.329 e. The first kappa shape index (κ1) is 14.0. The molecule has 2 rings (SSSR count). The van der Waals surface area contributed by atoms with Gasteiger partial charge in [0.2, 0.25) is 5.91 Å². The Kier molecular flexibility index (Phi) is 4.50. The number of halogens is 1. The second-order valence-electron chi connectivity index (χ2n) is 4.14. The van der Waals surface area contributed by atoms with Crippen molar-refractivity contribution in [2.24, 2.45) is 7.05 Å². The monoisotopic (exact) mass is 295 g/mol. The van der Waals surface area contributed by atoms with E-state index in [0.29, 0.717) is 16.5 Å². The van der Waals surface area contributed by atoms with Gasteiger partial charge >= 0.3 is 0 Å². The lowest BCUT2D eigenvalue weighted by molar-refractivity contribution is -0.113. The number of hydrogen-bond donors (Lipinski definition) is 1. The summed E-state index contributed by atoms with van der Waals surface area (Å²) in [5, 5.41) is 4.16. The molecular formula is C13H14ClN3OS. The normalized spacial score (nSPS) is 10.5. The number of aromatic nitrogens is 2. The predicted octanol–water partition coefficient (Wildman–Crippen LogP) is 3.11. The van der Waals surface area contributed by atoms with E-state index in [1.54, 1.807) is 12.3 Å². The van der Waals surface area contributed by atoms with Crippen LogP contribution in [-0.2, 0) is 11.8 Å². The van der Waals surface area contributed by atoms with Crippen molar-refractivity contribution in [3.63, 3.8) is 0 Å². The standard InChI is InChI=1S/C13H14ClN3OS/c1-9-3-4-10(14)11(7-9)16-12(18)8-19-13-15-5-6-17(13)2/h3-7H,8H2,1-2H3,(H,16,18). The number of carbonyl (C=O) groups is 1. The molecule has 0 saturated carbocycles. The average molecular weight is 296 g/mol. The molecule has 0 unspecified atom stereocenters. The number of benzene rings is 1. The smallest absolute Gasteiger partial charge is 0.234 e. The summed E-state index contributed by atoms with van der Waals surface area (Å²) in [6.45, 7) is 1.95. The topological polar surface area (TPSA) is 46.9 Å². The van der Waals surface area contributed by atoms with E-state index < -0.39 is 0 Å². The molecule has 0 saturated heterocycles. The number of thioether (sulfide) groups is 1. The van der Waals surface area contributed by atoms with Gasteiger partial charge in [-0.05, 0) is 24.6 Å². The Morgan fingerprint density at radius 3 is 3.00 bits per heavy atom. The number of amides is 1. The molecule has 4 nitrogen and oxygen atoms in total. The zero-order chi connectivity index (χ0) is 13.8. The van der Waals surface area contributed by atoms with Crippen LogP contribution in [0.5, 0.6) is 0 Å². The zero-order valence-electron chi connectivity index (χ0n) is 10.7. The fourth-order valence-corrected chi connectivity index (χ4v) is 2.44. The van der Waals surface area contributed by atoms with E-state index in [-0.39, 0.29) is 5.91 Å². The lowest BCUT2D eigenvalue weighted by atomic mass is 10.2. The molecule has 0 radical (unpaired) electrons. The van der Waals surface area contributed by atoms with Crippen molar-refractivity contribution >= 4 is 35.0 Å². The molecule has 0 aliphatic rings. The van der Waals surface area contributed by atoms with Crippen molar-refractivity contribution in [3.8, 4) is 0 Å². The van der Waals surface area contributed by atoms with E-state index in [4.69, 9.17) is 11.6 Å². The summed E-state index contributed by atoms with van der Waals surface area (Å²) in [7, 11) is 1.89. The van der Waals surface area contributed by atoms with Crippen LogP contribution in [0.15, 0.2) is 35.7 Å². The molecule has 19 heavy (non-hydrogen) atoms. The first-order valence-electron chi connectivity index (χ1n) is 5.72. The number of aryl methyl sites for hydroxylation is 2. The van der Waals surface area contributed by atoms with Gasteiger partial charge in [-0.2, -0.15) is 0 Å². The van der Waals surface area contributed by atoms with E-state index >= 15 is 0 Å². The van der Waals surface area contributed by atoms with Crippen LogP contribution >= 0.6 is 23.4 Å². The van der Waals surface area contributed by atoms with Crippen molar-refractivity contribution in [2.45, 2.75) is 12.1 Å². The largest absolute Gasteiger partial charge is 0.329 e. The van der Waals surface area contributed by atoms with Gasteiger partial charge in [0.1, 0.15) is 0 Å². The van der Waals surface area contributed by atoms with Crippen LogP contribution in [-0.4, -0.2) is 21.2 Å². The van der Waals surface area contributed by atoms with E-state index in [1.807, 2.05) is 36.9 Å². The Balaban J connectivity index is 1.94. The molecule has 1 aromatic carbocycles. The Bertz CT molecular complexity index is 597. The molecular weight excluding hydrogens is 282 g/mol. The molecule has 0 atom stereocenters. The first-order chi connectivity index (χ1) is 9.06. The van der Waals surface area contributed by atoms with Crippen LogP contribution in [0.25, 0.3) is 0 Å². The van der Waals surface area contributed by atoms with Crippen LogP contribution < -0.4 is 5.32 Å². The molecule has 0 fully saturated rings. The molecule has 1 N–H and O–H groups in total. The van der Waals surface area contributed by atoms with Crippen molar-refractivity contribution in [2.75, 3.05) is 11.1 Å². The average Bonchev–Trinajstić information content (AvgIpc) is 2.77. The molecule has 1 heterocycles. The van der Waals surface area contributed by atoms with E-state index in [9.17, 15) is 4.79 Å². The highest BCUT2D eigenvalue weighted by Gasteiger charge is 2.08. The molecule has 2 aromatic rings. The number of anilines is 1. The SMILES string of the molecule is Cc1ccc(Cl)c(NC(=O)CSc2nccn2C)c1. The molecule has 1 aromatic heterocycles. The van der Waals surface area contributed by atoms with Crippen LogP contribution in [0.4, 0.5) is 5.69 Å². The molecule has 1 amide bonds. The zero-order valence-corrected chi connectivity index (χ0v) is 12.3. The van der Waals surface area contributed by atoms with Gasteiger partial charge in [0.25, 0.3) is 0 Å². The van der Waals surface area contributed by atoms with Gasteiger partial charge in [0, 0.05) is 19.4 Å². The Morgan fingerprint density at radius 1 is 1.53 bits per heavy atom. The summed E-state index contributed by atoms with van der Waals surface area (Å²) in [6, 6.07) is 5.53. The van der Waals surface area contributed by atoms with Crippen molar-refractivity contribution < 1.29 is 4.79 Å². The van der Waals surface area contributed by atoms with E-state index in [2.05, 4.69) is 10.3 Å². The predicted molar refractivity (Wildman–Crippen MR) is 78.8 cm³/mol. The number of hydrogen-bond acceptors (Lipinski definition) is 3. The van der Waals surface area contributed by atoms with Gasteiger partial charge in [-0.25, -0.2) is 4.98 Å². The minimum absolute atomic E-state index is 0.0968. The summed E-state index contributed by atoms with van der Waals surface area (Å²) >= 11 is 7.42. The van der Waals surface area contributed by atoms with Crippen LogP contribution in [0.3, 0.4) is 0 Å². The van der Waals surface area contributed by atoms with Crippen molar-refractivity contribution in [3.05, 3.63) is 41.2 Å². The summed E-state index contributed by atoms with van der Waals surface area (Å²) < 4.78 is 1.87. The third kappa shape index (κ3) is 3.75. The third-order valence-corrected chi connectivity index (χ3v) is 3.89. The number of carbonyl (C=O) groups excluding carboxylic acids is 1. The molecule has 6 heteroatoms. The second kappa shape index (κ2) is 6.12. The van der Waals surface area contributed by atoms with Gasteiger partial charge in [0.05, 0.1) is 16.5 Å². The van der Waals surface area contributed by atoms with Crippen molar-refractivity contribution in [1.82, 2.24) is 9.55 Å². The third-order valence-electron chi connectivity index (χ3n) is 2.51. The van der Waals surface area contributed by atoms with Gasteiger partial charge in [0.15, 0.2) is 5.16 Å². The number of nitrogens with one attached hydrogen (secondary N) is 1. The van der Waals surface area contributed by atoms with Gasteiger partial charge < -0.3 is 9.88 Å². The Morgan fingerprint density at radius 2 is 2.32 bits per heavy atom. The fourth-order valence-electron chi connectivity index (χ4n) is 1.54. The Labute approximate surface area is 121 Å². The second-order valence-corrected chi connectivity index (χ2v) is 5.49. The maximum Gasteiger partial charge on any atom is 0.234 e. The summed E-state index contributed by atoms with van der Waals surface area (Å²) in [4.78, 5) is 16.0. The van der Waals surface area contributed by atoms with Crippen LogP contribution in [0.1, 0.15) is 5.56 Å². The highest BCUT2D eigenvalue weighted by atomic mass is 35.5. The fraction of sp³-hybridized carbons (Fsp3) is 0.231. The van der Waals surface area contributed by atoms with Crippen LogP contribution in [0.2, 0.25) is 5.02 Å². The van der Waals surface area contributed by atoms with E-state index in [1.165, 1.54) is 11.8 Å². The van der Waals surface area contributed by atoms with Crippen LogP contribution in [0, 0.1) is 6.92 Å². The maximum absolute atomic E-state index is 11.9. The van der Waals surface area contributed by atoms with Gasteiger partial charge in [-0.15, -0.1) is 0 Å². The summed E-state index contributed by atoms with van der Waals surface area (Å²) in [6.07, 6.45) is 3.55. The molecule has 100 valence electrons. The molecule has 0 aliphatic carbocycles. The highest BCUT2D eigenvalue weighted by Crippen LogP contribution is 2.23. The molecule has 0 spiro atoms. The quantitative estimate of drug-likeness (QED) is 0.882. The first-order valence-corrected chi connectivity index (χ1v) is 7.09. The lowest BCUT2D eigenvalue weighted by Crippen LogP contribution is -2.14. The van der Waals surface area contributed by atoms with Gasteiger partial charge in [-0.3, -0.25) is 4.79 Å². The highest BCUT2D eigenvalue weighted by molar-refractivity contribution is 7.99. The molecule has 0 bridgehead atoms. The maximum atomic E-state index is 11.9. The Hall–Kier alpha value is -1.46. The lowest BCUT2D eigenvalue weighted by Gasteiger charge is -2.08. The van der Waals surface area contributed by atoms with E-state index in [0.717, 1.165) is 10.7 Å². The number of nitrogens with zero attached hydrogens (tertiary/aromatic N) is 2. The molecule has 0 aliphatic heterocycles.